The molecule has 0 spiro atoms. The first-order chi connectivity index (χ1) is 10.1. The standard InChI is InChI=1S/C17H32N2O2/c1-14(2)19-11-7-15(8-12-19)16(17(20)21)13-18-9-5-3-4-6-10-18/h14-16H,3-13H2,1-2H3,(H,20,21). The highest BCUT2D eigenvalue weighted by Crippen LogP contribution is 2.27. The quantitative estimate of drug-likeness (QED) is 0.847. The summed E-state index contributed by atoms with van der Waals surface area (Å²) in [7, 11) is 0. The van der Waals surface area contributed by atoms with Crippen LogP contribution in [0.4, 0.5) is 0 Å². The molecule has 0 saturated carbocycles. The number of rotatable bonds is 5. The zero-order chi connectivity index (χ0) is 15.2. The molecular weight excluding hydrogens is 264 g/mol. The molecule has 0 aromatic heterocycles. The minimum atomic E-state index is -0.581. The Balaban J connectivity index is 1.88. The second kappa shape index (κ2) is 8.14. The third-order valence-electron chi connectivity index (χ3n) is 5.34. The van der Waals surface area contributed by atoms with Crippen molar-refractivity contribution in [3.8, 4) is 0 Å². The van der Waals surface area contributed by atoms with Crippen LogP contribution in [0.3, 0.4) is 0 Å². The zero-order valence-corrected chi connectivity index (χ0v) is 13.8. The maximum atomic E-state index is 11.7. The fourth-order valence-electron chi connectivity index (χ4n) is 3.86. The lowest BCUT2D eigenvalue weighted by Gasteiger charge is -2.38. The summed E-state index contributed by atoms with van der Waals surface area (Å²) in [4.78, 5) is 16.6. The van der Waals surface area contributed by atoms with Gasteiger partial charge in [0.25, 0.3) is 0 Å². The fraction of sp³-hybridized carbons (Fsp3) is 0.941. The first kappa shape index (κ1) is 16.8. The van der Waals surface area contributed by atoms with Gasteiger partial charge < -0.3 is 14.9 Å². The van der Waals surface area contributed by atoms with E-state index >= 15 is 0 Å². The van der Waals surface area contributed by atoms with Gasteiger partial charge in [-0.2, -0.15) is 0 Å². The molecule has 2 fully saturated rings. The summed E-state index contributed by atoms with van der Waals surface area (Å²) < 4.78 is 0. The van der Waals surface area contributed by atoms with E-state index < -0.39 is 5.97 Å². The van der Waals surface area contributed by atoms with Crippen LogP contribution < -0.4 is 0 Å². The SMILES string of the molecule is CC(C)N1CCC(C(CN2CCCCCC2)C(=O)O)CC1. The van der Waals surface area contributed by atoms with E-state index in [0.29, 0.717) is 12.0 Å². The van der Waals surface area contributed by atoms with Gasteiger partial charge in [-0.15, -0.1) is 0 Å². The minimum absolute atomic E-state index is 0.169. The molecule has 2 rings (SSSR count). The Morgan fingerprint density at radius 1 is 1.05 bits per heavy atom. The van der Waals surface area contributed by atoms with E-state index in [1.165, 1.54) is 25.7 Å². The number of carboxylic acids is 1. The summed E-state index contributed by atoms with van der Waals surface area (Å²) in [6.45, 7) is 9.53. The molecule has 2 aliphatic heterocycles. The second-order valence-electron chi connectivity index (χ2n) is 7.13. The number of carbonyl (C=O) groups is 1. The highest BCUT2D eigenvalue weighted by atomic mass is 16.4. The highest BCUT2D eigenvalue weighted by molar-refractivity contribution is 5.70. The molecule has 4 heteroatoms. The van der Waals surface area contributed by atoms with E-state index in [9.17, 15) is 9.90 Å². The molecule has 2 aliphatic rings. The molecule has 0 aromatic rings. The maximum absolute atomic E-state index is 11.7. The summed E-state index contributed by atoms with van der Waals surface area (Å²) in [6.07, 6.45) is 7.17. The predicted octanol–water partition coefficient (Wildman–Crippen LogP) is 2.68. The van der Waals surface area contributed by atoms with Gasteiger partial charge in [-0.3, -0.25) is 4.79 Å². The Kier molecular flexibility index (Phi) is 6.49. The summed E-state index contributed by atoms with van der Waals surface area (Å²) in [6, 6.07) is 0.583. The molecule has 0 aliphatic carbocycles. The molecule has 122 valence electrons. The van der Waals surface area contributed by atoms with Gasteiger partial charge in [-0.1, -0.05) is 12.8 Å². The molecule has 2 saturated heterocycles. The van der Waals surface area contributed by atoms with Crippen molar-refractivity contribution in [2.75, 3.05) is 32.7 Å². The third-order valence-corrected chi connectivity index (χ3v) is 5.34. The van der Waals surface area contributed by atoms with E-state index in [2.05, 4.69) is 23.6 Å². The van der Waals surface area contributed by atoms with Crippen LogP contribution in [0.25, 0.3) is 0 Å². The van der Waals surface area contributed by atoms with Crippen molar-refractivity contribution in [2.45, 2.75) is 58.4 Å². The zero-order valence-electron chi connectivity index (χ0n) is 13.8. The van der Waals surface area contributed by atoms with Crippen LogP contribution in [0.1, 0.15) is 52.4 Å². The highest BCUT2D eigenvalue weighted by Gasteiger charge is 2.33. The van der Waals surface area contributed by atoms with Crippen molar-refractivity contribution < 1.29 is 9.90 Å². The number of hydrogen-bond donors (Lipinski definition) is 1. The van der Waals surface area contributed by atoms with E-state index in [1.54, 1.807) is 0 Å². The van der Waals surface area contributed by atoms with Crippen LogP contribution in [-0.4, -0.2) is 59.6 Å². The molecule has 21 heavy (non-hydrogen) atoms. The van der Waals surface area contributed by atoms with Crippen molar-refractivity contribution >= 4 is 5.97 Å². The Bertz CT molecular complexity index is 317. The van der Waals surface area contributed by atoms with Crippen LogP contribution in [0.15, 0.2) is 0 Å². The Labute approximate surface area is 129 Å². The lowest BCUT2D eigenvalue weighted by molar-refractivity contribution is -0.145. The summed E-state index contributed by atoms with van der Waals surface area (Å²) >= 11 is 0. The predicted molar refractivity (Wildman–Crippen MR) is 85.5 cm³/mol. The van der Waals surface area contributed by atoms with Crippen LogP contribution in [-0.2, 0) is 4.79 Å². The lowest BCUT2D eigenvalue weighted by atomic mass is 9.83. The van der Waals surface area contributed by atoms with Crippen molar-refractivity contribution in [1.82, 2.24) is 9.80 Å². The number of nitrogens with zero attached hydrogens (tertiary/aromatic N) is 2. The molecule has 0 aromatic carbocycles. The van der Waals surface area contributed by atoms with Crippen molar-refractivity contribution in [3.05, 3.63) is 0 Å². The number of piperidine rings is 1. The average Bonchev–Trinajstić information content (AvgIpc) is 2.73. The fourth-order valence-corrected chi connectivity index (χ4v) is 3.86. The topological polar surface area (TPSA) is 43.8 Å². The molecule has 1 unspecified atom stereocenters. The van der Waals surface area contributed by atoms with Gasteiger partial charge in [0.1, 0.15) is 0 Å². The van der Waals surface area contributed by atoms with E-state index in [0.717, 1.165) is 45.6 Å². The van der Waals surface area contributed by atoms with E-state index in [4.69, 9.17) is 0 Å². The molecule has 0 radical (unpaired) electrons. The molecule has 2 heterocycles. The Morgan fingerprint density at radius 2 is 1.62 bits per heavy atom. The molecular formula is C17H32N2O2. The average molecular weight is 296 g/mol. The molecule has 4 nitrogen and oxygen atoms in total. The van der Waals surface area contributed by atoms with Gasteiger partial charge >= 0.3 is 5.97 Å². The minimum Gasteiger partial charge on any atom is -0.481 e. The van der Waals surface area contributed by atoms with Crippen molar-refractivity contribution in [3.63, 3.8) is 0 Å². The van der Waals surface area contributed by atoms with Gasteiger partial charge in [0, 0.05) is 12.6 Å². The van der Waals surface area contributed by atoms with E-state index in [1.807, 2.05) is 0 Å². The second-order valence-corrected chi connectivity index (χ2v) is 7.13. The van der Waals surface area contributed by atoms with Crippen LogP contribution in [0, 0.1) is 11.8 Å². The van der Waals surface area contributed by atoms with Crippen LogP contribution in [0.5, 0.6) is 0 Å². The normalized spacial score (nSPS) is 24.9. The largest absolute Gasteiger partial charge is 0.481 e. The summed E-state index contributed by atoms with van der Waals surface area (Å²) in [5, 5.41) is 9.66. The van der Waals surface area contributed by atoms with Gasteiger partial charge in [0.15, 0.2) is 0 Å². The van der Waals surface area contributed by atoms with Crippen molar-refractivity contribution in [2.24, 2.45) is 11.8 Å². The van der Waals surface area contributed by atoms with Gasteiger partial charge in [0.2, 0.25) is 0 Å². The third kappa shape index (κ3) is 4.96. The van der Waals surface area contributed by atoms with E-state index in [-0.39, 0.29) is 5.92 Å². The Hall–Kier alpha value is -0.610. The molecule has 1 N–H and O–H groups in total. The molecule has 0 amide bonds. The van der Waals surface area contributed by atoms with Crippen LogP contribution >= 0.6 is 0 Å². The van der Waals surface area contributed by atoms with Gasteiger partial charge in [-0.05, 0) is 71.6 Å². The molecule has 1 atom stereocenters. The number of carboxylic acid groups (broad SMARTS) is 1. The lowest BCUT2D eigenvalue weighted by Crippen LogP contribution is -2.44. The number of aliphatic carboxylic acids is 1. The smallest absolute Gasteiger partial charge is 0.308 e. The summed E-state index contributed by atoms with van der Waals surface area (Å²) in [5.74, 6) is -0.389. The summed E-state index contributed by atoms with van der Waals surface area (Å²) in [5.41, 5.74) is 0. The van der Waals surface area contributed by atoms with Gasteiger partial charge in [0.05, 0.1) is 5.92 Å². The number of likely N-dealkylation sites (tertiary alicyclic amines) is 2. The Morgan fingerprint density at radius 3 is 2.10 bits per heavy atom. The monoisotopic (exact) mass is 296 g/mol. The number of hydrogen-bond acceptors (Lipinski definition) is 3. The van der Waals surface area contributed by atoms with Gasteiger partial charge in [-0.25, -0.2) is 0 Å². The first-order valence-corrected chi connectivity index (χ1v) is 8.77. The maximum Gasteiger partial charge on any atom is 0.308 e. The van der Waals surface area contributed by atoms with Crippen molar-refractivity contribution in [1.29, 1.82) is 0 Å². The van der Waals surface area contributed by atoms with Crippen LogP contribution in [0.2, 0.25) is 0 Å². The first-order valence-electron chi connectivity index (χ1n) is 8.77. The molecule has 0 bridgehead atoms.